The SMILES string of the molecule is C[C@@H](CN)Oc1ccncc1[C@@H](C)Nc1ccn[nH]1. The molecule has 0 spiro atoms. The van der Waals surface area contributed by atoms with Gasteiger partial charge in [0.05, 0.1) is 12.2 Å². The van der Waals surface area contributed by atoms with Gasteiger partial charge in [-0.1, -0.05) is 0 Å². The molecule has 2 heterocycles. The molecule has 19 heavy (non-hydrogen) atoms. The molecule has 102 valence electrons. The highest BCUT2D eigenvalue weighted by atomic mass is 16.5. The maximum absolute atomic E-state index is 5.80. The van der Waals surface area contributed by atoms with Gasteiger partial charge in [-0.3, -0.25) is 10.1 Å². The number of aromatic nitrogens is 3. The van der Waals surface area contributed by atoms with Gasteiger partial charge in [-0.05, 0) is 26.0 Å². The Bertz CT molecular complexity index is 499. The van der Waals surface area contributed by atoms with Gasteiger partial charge in [0, 0.05) is 24.5 Å². The molecule has 6 nitrogen and oxygen atoms in total. The summed E-state index contributed by atoms with van der Waals surface area (Å²) in [5.41, 5.74) is 6.57. The van der Waals surface area contributed by atoms with Crippen LogP contribution in [-0.2, 0) is 0 Å². The highest BCUT2D eigenvalue weighted by Gasteiger charge is 2.14. The van der Waals surface area contributed by atoms with E-state index in [0.29, 0.717) is 6.54 Å². The average molecular weight is 261 g/mol. The Labute approximate surface area is 112 Å². The van der Waals surface area contributed by atoms with Gasteiger partial charge in [-0.2, -0.15) is 5.10 Å². The Morgan fingerprint density at radius 1 is 1.37 bits per heavy atom. The molecule has 0 amide bonds. The third kappa shape index (κ3) is 3.45. The number of hydrogen-bond donors (Lipinski definition) is 3. The summed E-state index contributed by atoms with van der Waals surface area (Å²) in [6.45, 7) is 4.46. The van der Waals surface area contributed by atoms with Crippen molar-refractivity contribution >= 4 is 5.82 Å². The van der Waals surface area contributed by atoms with Crippen molar-refractivity contribution in [1.29, 1.82) is 0 Å². The lowest BCUT2D eigenvalue weighted by Gasteiger charge is -2.20. The number of hydrogen-bond acceptors (Lipinski definition) is 5. The maximum atomic E-state index is 5.80. The van der Waals surface area contributed by atoms with Gasteiger partial charge in [0.2, 0.25) is 0 Å². The van der Waals surface area contributed by atoms with Crippen molar-refractivity contribution in [3.05, 3.63) is 36.3 Å². The molecule has 0 saturated heterocycles. The van der Waals surface area contributed by atoms with Crippen molar-refractivity contribution in [3.63, 3.8) is 0 Å². The summed E-state index contributed by atoms with van der Waals surface area (Å²) in [7, 11) is 0. The Morgan fingerprint density at radius 3 is 2.89 bits per heavy atom. The number of nitrogens with one attached hydrogen (secondary N) is 2. The van der Waals surface area contributed by atoms with Crippen LogP contribution in [-0.4, -0.2) is 27.8 Å². The van der Waals surface area contributed by atoms with Crippen molar-refractivity contribution in [1.82, 2.24) is 15.2 Å². The fourth-order valence-corrected chi connectivity index (χ4v) is 1.74. The van der Waals surface area contributed by atoms with Crippen molar-refractivity contribution in [2.75, 3.05) is 11.9 Å². The molecular weight excluding hydrogens is 242 g/mol. The third-order valence-corrected chi connectivity index (χ3v) is 2.81. The second kappa shape index (κ2) is 6.19. The minimum Gasteiger partial charge on any atom is -0.489 e. The van der Waals surface area contributed by atoms with E-state index in [4.69, 9.17) is 10.5 Å². The minimum atomic E-state index is -0.0273. The lowest BCUT2D eigenvalue weighted by Crippen LogP contribution is -2.24. The lowest BCUT2D eigenvalue weighted by atomic mass is 10.1. The normalized spacial score (nSPS) is 13.8. The minimum absolute atomic E-state index is 0.0273. The van der Waals surface area contributed by atoms with E-state index >= 15 is 0 Å². The number of pyridine rings is 1. The second-order valence-corrected chi connectivity index (χ2v) is 4.41. The van der Waals surface area contributed by atoms with Gasteiger partial charge in [0.25, 0.3) is 0 Å². The standard InChI is InChI=1S/C13H19N5O/c1-9(7-14)19-12-3-5-15-8-11(12)10(2)17-13-4-6-16-18-13/h3-6,8-10H,7,14H2,1-2H3,(H2,16,17,18)/t9-,10+/m0/s1. The van der Waals surface area contributed by atoms with Crippen LogP contribution < -0.4 is 15.8 Å². The van der Waals surface area contributed by atoms with Crippen LogP contribution in [0.25, 0.3) is 0 Å². The first-order chi connectivity index (χ1) is 9.20. The predicted molar refractivity (Wildman–Crippen MR) is 74.0 cm³/mol. The molecule has 0 aromatic carbocycles. The summed E-state index contributed by atoms with van der Waals surface area (Å²) in [5.74, 6) is 1.65. The Morgan fingerprint density at radius 2 is 2.21 bits per heavy atom. The number of anilines is 1. The van der Waals surface area contributed by atoms with Gasteiger partial charge in [0.1, 0.15) is 17.7 Å². The zero-order chi connectivity index (χ0) is 13.7. The van der Waals surface area contributed by atoms with Crippen LogP contribution in [0.2, 0.25) is 0 Å². The fourth-order valence-electron chi connectivity index (χ4n) is 1.74. The molecule has 0 radical (unpaired) electrons. The summed E-state index contributed by atoms with van der Waals surface area (Å²) in [4.78, 5) is 4.15. The molecule has 0 aliphatic carbocycles. The molecule has 0 aliphatic rings. The number of nitrogens with zero attached hydrogens (tertiary/aromatic N) is 2. The summed E-state index contributed by atoms with van der Waals surface area (Å²) in [5, 5.41) is 10.1. The van der Waals surface area contributed by atoms with E-state index in [9.17, 15) is 0 Å². The van der Waals surface area contributed by atoms with Crippen LogP contribution in [0.5, 0.6) is 5.75 Å². The number of H-pyrrole nitrogens is 1. The van der Waals surface area contributed by atoms with Crippen LogP contribution in [0.1, 0.15) is 25.5 Å². The fraction of sp³-hybridized carbons (Fsp3) is 0.385. The first-order valence-electron chi connectivity index (χ1n) is 6.27. The molecule has 0 aliphatic heterocycles. The smallest absolute Gasteiger partial charge is 0.128 e. The van der Waals surface area contributed by atoms with Gasteiger partial charge in [-0.25, -0.2) is 0 Å². The molecule has 0 bridgehead atoms. The number of ether oxygens (including phenoxy) is 1. The topological polar surface area (TPSA) is 88.8 Å². The van der Waals surface area contributed by atoms with Crippen molar-refractivity contribution in [3.8, 4) is 5.75 Å². The molecule has 0 unspecified atom stereocenters. The summed E-state index contributed by atoms with van der Waals surface area (Å²) in [6, 6.07) is 3.77. The first kappa shape index (κ1) is 13.4. The molecule has 6 heteroatoms. The van der Waals surface area contributed by atoms with Gasteiger partial charge in [-0.15, -0.1) is 0 Å². The molecule has 2 atom stereocenters. The number of aromatic amines is 1. The van der Waals surface area contributed by atoms with Crippen LogP contribution in [0.4, 0.5) is 5.82 Å². The van der Waals surface area contributed by atoms with E-state index in [-0.39, 0.29) is 12.1 Å². The molecule has 0 fully saturated rings. The van der Waals surface area contributed by atoms with Gasteiger partial charge < -0.3 is 15.8 Å². The quantitative estimate of drug-likeness (QED) is 0.736. The van der Waals surface area contributed by atoms with E-state index in [2.05, 4.69) is 20.5 Å². The highest BCUT2D eigenvalue weighted by molar-refractivity contribution is 5.40. The lowest BCUT2D eigenvalue weighted by molar-refractivity contribution is 0.227. The molecule has 2 aromatic rings. The predicted octanol–water partition coefficient (Wildman–Crippen LogP) is 1.70. The van der Waals surface area contributed by atoms with Crippen LogP contribution >= 0.6 is 0 Å². The largest absolute Gasteiger partial charge is 0.489 e. The molecule has 0 saturated carbocycles. The van der Waals surface area contributed by atoms with Crippen LogP contribution in [0.15, 0.2) is 30.7 Å². The Kier molecular flexibility index (Phi) is 4.35. The summed E-state index contributed by atoms with van der Waals surface area (Å²) < 4.78 is 5.80. The number of rotatable bonds is 6. The monoisotopic (exact) mass is 261 g/mol. The van der Waals surface area contributed by atoms with E-state index in [1.165, 1.54) is 0 Å². The van der Waals surface area contributed by atoms with Crippen molar-refractivity contribution < 1.29 is 4.74 Å². The van der Waals surface area contributed by atoms with Crippen LogP contribution in [0.3, 0.4) is 0 Å². The van der Waals surface area contributed by atoms with Crippen LogP contribution in [0, 0.1) is 0 Å². The first-order valence-corrected chi connectivity index (χ1v) is 6.27. The summed E-state index contributed by atoms with van der Waals surface area (Å²) >= 11 is 0. The summed E-state index contributed by atoms with van der Waals surface area (Å²) in [6.07, 6.45) is 5.18. The Hall–Kier alpha value is -2.08. The zero-order valence-electron chi connectivity index (χ0n) is 11.1. The number of nitrogens with two attached hydrogens (primary N) is 1. The van der Waals surface area contributed by atoms with Crippen molar-refractivity contribution in [2.45, 2.75) is 26.0 Å². The molecule has 2 rings (SSSR count). The molecule has 4 N–H and O–H groups in total. The van der Waals surface area contributed by atoms with E-state index in [1.54, 1.807) is 18.6 Å². The van der Waals surface area contributed by atoms with E-state index in [1.807, 2.05) is 26.0 Å². The maximum Gasteiger partial charge on any atom is 0.128 e. The van der Waals surface area contributed by atoms with Gasteiger partial charge in [0.15, 0.2) is 0 Å². The molecule has 2 aromatic heterocycles. The van der Waals surface area contributed by atoms with Crippen molar-refractivity contribution in [2.24, 2.45) is 5.73 Å². The third-order valence-electron chi connectivity index (χ3n) is 2.81. The highest BCUT2D eigenvalue weighted by Crippen LogP contribution is 2.26. The second-order valence-electron chi connectivity index (χ2n) is 4.41. The zero-order valence-corrected chi connectivity index (χ0v) is 11.1. The van der Waals surface area contributed by atoms with Gasteiger partial charge >= 0.3 is 0 Å². The van der Waals surface area contributed by atoms with E-state index < -0.39 is 0 Å². The average Bonchev–Trinajstić information content (AvgIpc) is 2.92. The Balaban J connectivity index is 2.14. The molecular formula is C13H19N5O. The van der Waals surface area contributed by atoms with E-state index in [0.717, 1.165) is 17.1 Å².